The van der Waals surface area contributed by atoms with Gasteiger partial charge in [0.1, 0.15) is 16.4 Å². The lowest BCUT2D eigenvalue weighted by atomic mass is 10.2. The fourth-order valence-electron chi connectivity index (χ4n) is 3.10. The van der Waals surface area contributed by atoms with Crippen LogP contribution in [0.25, 0.3) is 0 Å². The Labute approximate surface area is 149 Å². The van der Waals surface area contributed by atoms with E-state index in [0.29, 0.717) is 37.7 Å². The monoisotopic (exact) mass is 361 g/mol. The Balaban J connectivity index is 2.12. The summed E-state index contributed by atoms with van der Waals surface area (Å²) in [4.78, 5) is 0.153. The number of anilines is 1. The van der Waals surface area contributed by atoms with Gasteiger partial charge < -0.3 is 9.47 Å². The molecule has 0 atom stereocenters. The van der Waals surface area contributed by atoms with Gasteiger partial charge in [-0.05, 0) is 50.5 Å². The Hall–Kier alpha value is -2.21. The summed E-state index contributed by atoms with van der Waals surface area (Å²) in [5.74, 6) is 0.935. The number of para-hydroxylation sites is 1. The predicted molar refractivity (Wildman–Crippen MR) is 98.2 cm³/mol. The van der Waals surface area contributed by atoms with Gasteiger partial charge in [-0.25, -0.2) is 8.42 Å². The van der Waals surface area contributed by atoms with Crippen LogP contribution in [0.2, 0.25) is 0 Å². The molecule has 1 aliphatic heterocycles. The van der Waals surface area contributed by atoms with Crippen molar-refractivity contribution in [2.45, 2.75) is 32.1 Å². The van der Waals surface area contributed by atoms with E-state index in [2.05, 4.69) is 0 Å². The van der Waals surface area contributed by atoms with Crippen molar-refractivity contribution in [3.05, 3.63) is 47.5 Å². The molecule has 0 spiro atoms. The zero-order chi connectivity index (χ0) is 18.0. The van der Waals surface area contributed by atoms with Crippen molar-refractivity contribution >= 4 is 15.7 Å². The minimum absolute atomic E-state index is 0.153. The highest BCUT2D eigenvalue weighted by atomic mass is 32.2. The highest BCUT2D eigenvalue weighted by Gasteiger charge is 2.33. The second kappa shape index (κ2) is 6.96. The maximum atomic E-state index is 13.4. The summed E-state index contributed by atoms with van der Waals surface area (Å²) in [6.07, 6.45) is 0.712. The average molecular weight is 361 g/mol. The molecular formula is C19H23NO4S. The lowest BCUT2D eigenvalue weighted by Crippen LogP contribution is -2.29. The molecule has 0 bridgehead atoms. The van der Waals surface area contributed by atoms with Crippen molar-refractivity contribution in [1.82, 2.24) is 0 Å². The zero-order valence-corrected chi connectivity index (χ0v) is 15.6. The number of aryl methyl sites for hydroxylation is 1. The molecule has 25 heavy (non-hydrogen) atoms. The maximum Gasteiger partial charge on any atom is 0.268 e. The van der Waals surface area contributed by atoms with Crippen LogP contribution in [0, 0.1) is 6.92 Å². The van der Waals surface area contributed by atoms with Gasteiger partial charge in [-0.2, -0.15) is 0 Å². The van der Waals surface area contributed by atoms with Crippen LogP contribution in [0.4, 0.5) is 5.69 Å². The van der Waals surface area contributed by atoms with Crippen molar-refractivity contribution in [2.75, 3.05) is 24.1 Å². The van der Waals surface area contributed by atoms with Gasteiger partial charge in [0.25, 0.3) is 10.0 Å². The Morgan fingerprint density at radius 3 is 2.44 bits per heavy atom. The summed E-state index contributed by atoms with van der Waals surface area (Å²) in [5.41, 5.74) is 2.63. The van der Waals surface area contributed by atoms with Gasteiger partial charge in [-0.3, -0.25) is 4.31 Å². The number of benzene rings is 2. The number of sulfonamides is 1. The van der Waals surface area contributed by atoms with Crippen LogP contribution >= 0.6 is 0 Å². The van der Waals surface area contributed by atoms with E-state index in [4.69, 9.17) is 9.47 Å². The topological polar surface area (TPSA) is 55.8 Å². The molecule has 1 aliphatic rings. The van der Waals surface area contributed by atoms with Crippen molar-refractivity contribution < 1.29 is 17.9 Å². The molecular weight excluding hydrogens is 338 g/mol. The summed E-state index contributed by atoms with van der Waals surface area (Å²) >= 11 is 0. The molecule has 0 radical (unpaired) electrons. The summed E-state index contributed by atoms with van der Waals surface area (Å²) in [5, 5.41) is 0. The van der Waals surface area contributed by atoms with Crippen LogP contribution < -0.4 is 13.8 Å². The van der Waals surface area contributed by atoms with E-state index in [0.717, 1.165) is 16.8 Å². The average Bonchev–Trinajstić information content (AvgIpc) is 3.02. The highest BCUT2D eigenvalue weighted by molar-refractivity contribution is 7.93. The van der Waals surface area contributed by atoms with E-state index in [-0.39, 0.29) is 4.90 Å². The molecule has 0 aromatic heterocycles. The van der Waals surface area contributed by atoms with Crippen LogP contribution in [0.15, 0.2) is 41.3 Å². The third kappa shape index (κ3) is 3.18. The third-order valence-corrected chi connectivity index (χ3v) is 6.09. The number of hydrogen-bond donors (Lipinski definition) is 0. The lowest BCUT2D eigenvalue weighted by Gasteiger charge is -2.22. The normalized spacial score (nSPS) is 13.6. The molecule has 0 saturated heterocycles. The fraction of sp³-hybridized carbons (Fsp3) is 0.368. The van der Waals surface area contributed by atoms with Crippen molar-refractivity contribution in [3.8, 4) is 11.5 Å². The van der Waals surface area contributed by atoms with Gasteiger partial charge in [0.15, 0.2) is 0 Å². The lowest BCUT2D eigenvalue weighted by molar-refractivity contribution is 0.320. The fourth-order valence-corrected chi connectivity index (χ4v) is 4.73. The number of hydrogen-bond acceptors (Lipinski definition) is 4. The molecule has 2 aromatic carbocycles. The molecule has 0 fully saturated rings. The third-order valence-electron chi connectivity index (χ3n) is 4.25. The Morgan fingerprint density at radius 2 is 1.72 bits per heavy atom. The second-order valence-corrected chi connectivity index (χ2v) is 7.72. The minimum Gasteiger partial charge on any atom is -0.494 e. The van der Waals surface area contributed by atoms with E-state index in [1.807, 2.05) is 45.0 Å². The second-order valence-electron chi connectivity index (χ2n) is 5.89. The van der Waals surface area contributed by atoms with Crippen LogP contribution in [0.5, 0.6) is 11.5 Å². The zero-order valence-electron chi connectivity index (χ0n) is 14.8. The maximum absolute atomic E-state index is 13.4. The van der Waals surface area contributed by atoms with Gasteiger partial charge in [0, 0.05) is 12.6 Å². The molecule has 134 valence electrons. The molecule has 6 heteroatoms. The van der Waals surface area contributed by atoms with Crippen LogP contribution in [-0.4, -0.2) is 28.2 Å². The Morgan fingerprint density at radius 1 is 1.04 bits per heavy atom. The first-order valence-corrected chi connectivity index (χ1v) is 9.94. The van der Waals surface area contributed by atoms with E-state index >= 15 is 0 Å². The van der Waals surface area contributed by atoms with Crippen molar-refractivity contribution in [2.24, 2.45) is 0 Å². The number of fused-ring (bicyclic) bond motifs is 1. The Kier molecular flexibility index (Phi) is 4.90. The van der Waals surface area contributed by atoms with Crippen LogP contribution in [-0.2, 0) is 16.4 Å². The van der Waals surface area contributed by atoms with E-state index < -0.39 is 10.0 Å². The molecule has 0 unspecified atom stereocenters. The first-order valence-electron chi connectivity index (χ1n) is 8.50. The summed E-state index contributed by atoms with van der Waals surface area (Å²) in [6, 6.07) is 10.9. The van der Waals surface area contributed by atoms with E-state index in [1.165, 1.54) is 4.31 Å². The quantitative estimate of drug-likeness (QED) is 0.790. The molecule has 5 nitrogen and oxygen atoms in total. The van der Waals surface area contributed by atoms with E-state index in [1.54, 1.807) is 12.1 Å². The summed E-state index contributed by atoms with van der Waals surface area (Å²) in [7, 11) is -3.73. The smallest absolute Gasteiger partial charge is 0.268 e. The standard InChI is InChI=1S/C19H23NO4S/c1-4-23-17-13-19(18(24-5-2)12-14(17)3)25(21,22)20-11-10-15-8-6-7-9-16(15)20/h6-9,12-13H,4-5,10-11H2,1-3H3. The first kappa shape index (κ1) is 17.6. The van der Waals surface area contributed by atoms with Crippen molar-refractivity contribution in [3.63, 3.8) is 0 Å². The van der Waals surface area contributed by atoms with Crippen LogP contribution in [0.3, 0.4) is 0 Å². The van der Waals surface area contributed by atoms with Gasteiger partial charge >= 0.3 is 0 Å². The number of nitrogens with zero attached hydrogens (tertiary/aromatic N) is 1. The van der Waals surface area contributed by atoms with Crippen LogP contribution in [0.1, 0.15) is 25.0 Å². The predicted octanol–water partition coefficient (Wildman–Crippen LogP) is 3.54. The van der Waals surface area contributed by atoms with Gasteiger partial charge in [-0.1, -0.05) is 18.2 Å². The molecule has 0 saturated carbocycles. The Bertz CT molecular complexity index is 877. The number of rotatable bonds is 6. The summed E-state index contributed by atoms with van der Waals surface area (Å²) < 4.78 is 39.4. The molecule has 0 aliphatic carbocycles. The largest absolute Gasteiger partial charge is 0.494 e. The molecule has 2 aromatic rings. The van der Waals surface area contributed by atoms with Gasteiger partial charge in [-0.15, -0.1) is 0 Å². The molecule has 1 heterocycles. The SMILES string of the molecule is CCOc1cc(S(=O)(=O)N2CCc3ccccc32)c(OCC)cc1C. The van der Waals surface area contributed by atoms with Gasteiger partial charge in [0.2, 0.25) is 0 Å². The molecule has 0 amide bonds. The first-order chi connectivity index (χ1) is 12.0. The molecule has 0 N–H and O–H groups in total. The summed E-state index contributed by atoms with van der Waals surface area (Å²) in [6.45, 7) is 6.90. The highest BCUT2D eigenvalue weighted by Crippen LogP contribution is 2.38. The van der Waals surface area contributed by atoms with Crippen molar-refractivity contribution in [1.29, 1.82) is 0 Å². The number of ether oxygens (including phenoxy) is 2. The minimum atomic E-state index is -3.73. The van der Waals surface area contributed by atoms with E-state index in [9.17, 15) is 8.42 Å². The van der Waals surface area contributed by atoms with Gasteiger partial charge in [0.05, 0.1) is 18.9 Å². The molecule has 3 rings (SSSR count).